The quantitative estimate of drug-likeness (QED) is 0.571. The molecule has 1 aliphatic heterocycles. The highest BCUT2D eigenvalue weighted by molar-refractivity contribution is 9.10. The Hall–Kier alpha value is -2.37. The summed E-state index contributed by atoms with van der Waals surface area (Å²) in [6, 6.07) is 6.80. The number of carbonyl (C=O) groups is 2. The second-order valence-electron chi connectivity index (χ2n) is 7.15. The monoisotopic (exact) mass is 530 g/mol. The molecule has 32 heavy (non-hydrogen) atoms. The molecule has 1 saturated heterocycles. The summed E-state index contributed by atoms with van der Waals surface area (Å²) >= 11 is 3.10. The van der Waals surface area contributed by atoms with E-state index in [1.54, 1.807) is 6.92 Å². The average Bonchev–Trinajstić information content (AvgIpc) is 2.76. The van der Waals surface area contributed by atoms with E-state index in [1.807, 2.05) is 0 Å². The number of sulfonamides is 1. The lowest BCUT2D eigenvalue weighted by molar-refractivity contribution is -0.149. The SMILES string of the molecule is CCOC(=O)C1CCN(S(=O)(=O)c2ccc(F)c(C(=O)Nc3ccc(Br)cc3F)c2)CC1. The summed E-state index contributed by atoms with van der Waals surface area (Å²) in [6.07, 6.45) is 0.602. The number of amides is 1. The van der Waals surface area contributed by atoms with Crippen molar-refractivity contribution in [2.75, 3.05) is 25.0 Å². The van der Waals surface area contributed by atoms with Crippen LogP contribution >= 0.6 is 15.9 Å². The van der Waals surface area contributed by atoms with E-state index >= 15 is 0 Å². The second-order valence-corrected chi connectivity index (χ2v) is 10.0. The molecule has 172 valence electrons. The van der Waals surface area contributed by atoms with Crippen LogP contribution in [-0.4, -0.2) is 44.3 Å². The predicted octanol–water partition coefficient (Wildman–Crippen LogP) is 3.94. The Morgan fingerprint density at radius 2 is 1.81 bits per heavy atom. The van der Waals surface area contributed by atoms with Gasteiger partial charge in [-0.3, -0.25) is 9.59 Å². The van der Waals surface area contributed by atoms with E-state index in [1.165, 1.54) is 16.4 Å². The van der Waals surface area contributed by atoms with Gasteiger partial charge in [0.1, 0.15) is 11.6 Å². The topological polar surface area (TPSA) is 92.8 Å². The fourth-order valence-corrected chi connectivity index (χ4v) is 5.19. The van der Waals surface area contributed by atoms with Gasteiger partial charge in [-0.1, -0.05) is 15.9 Å². The Morgan fingerprint density at radius 3 is 2.44 bits per heavy atom. The molecule has 11 heteroatoms. The molecular weight excluding hydrogens is 510 g/mol. The third kappa shape index (κ3) is 5.33. The van der Waals surface area contributed by atoms with Gasteiger partial charge in [0.15, 0.2) is 0 Å². The molecule has 0 atom stereocenters. The molecule has 0 aliphatic carbocycles. The Kier molecular flexibility index (Phi) is 7.63. The molecule has 0 spiro atoms. The van der Waals surface area contributed by atoms with Crippen LogP contribution < -0.4 is 5.32 Å². The number of carbonyl (C=O) groups excluding carboxylic acids is 2. The van der Waals surface area contributed by atoms with Gasteiger partial charge in [-0.2, -0.15) is 4.31 Å². The zero-order valence-corrected chi connectivity index (χ0v) is 19.5. The number of benzene rings is 2. The number of nitrogens with zero attached hydrogens (tertiary/aromatic N) is 1. The van der Waals surface area contributed by atoms with Crippen molar-refractivity contribution in [2.45, 2.75) is 24.7 Å². The zero-order valence-electron chi connectivity index (χ0n) is 17.1. The Morgan fingerprint density at radius 1 is 1.12 bits per heavy atom. The summed E-state index contributed by atoms with van der Waals surface area (Å²) in [6.45, 7) is 2.14. The van der Waals surface area contributed by atoms with E-state index in [-0.39, 0.29) is 42.2 Å². The molecule has 0 radical (unpaired) electrons. The molecule has 0 bridgehead atoms. The average molecular weight is 531 g/mol. The van der Waals surface area contributed by atoms with E-state index in [0.717, 1.165) is 24.3 Å². The molecule has 1 N–H and O–H groups in total. The molecule has 7 nitrogen and oxygen atoms in total. The minimum Gasteiger partial charge on any atom is -0.466 e. The summed E-state index contributed by atoms with van der Waals surface area (Å²) in [5.74, 6) is -3.40. The molecule has 1 amide bonds. The van der Waals surface area contributed by atoms with Gasteiger partial charge >= 0.3 is 5.97 Å². The van der Waals surface area contributed by atoms with Crippen molar-refractivity contribution in [1.82, 2.24) is 4.31 Å². The lowest BCUT2D eigenvalue weighted by Gasteiger charge is -2.30. The van der Waals surface area contributed by atoms with Crippen molar-refractivity contribution in [3.63, 3.8) is 0 Å². The summed E-state index contributed by atoms with van der Waals surface area (Å²) in [4.78, 5) is 24.1. The number of rotatable bonds is 6. The van der Waals surface area contributed by atoms with Crippen molar-refractivity contribution in [2.24, 2.45) is 5.92 Å². The number of ether oxygens (including phenoxy) is 1. The third-order valence-corrected chi connectivity index (χ3v) is 7.46. The van der Waals surface area contributed by atoms with Gasteiger partial charge < -0.3 is 10.1 Å². The van der Waals surface area contributed by atoms with Crippen LogP contribution in [0.1, 0.15) is 30.1 Å². The Balaban J connectivity index is 1.78. The van der Waals surface area contributed by atoms with Crippen molar-refractivity contribution in [1.29, 1.82) is 0 Å². The summed E-state index contributed by atoms with van der Waals surface area (Å²) < 4.78 is 61.0. The molecular formula is C21H21BrF2N2O5S. The zero-order chi connectivity index (χ0) is 23.5. The number of nitrogens with one attached hydrogen (secondary N) is 1. The van der Waals surface area contributed by atoms with Crippen LogP contribution in [0.3, 0.4) is 0 Å². The maximum atomic E-state index is 14.3. The molecule has 2 aromatic carbocycles. The Labute approximate surface area is 192 Å². The van der Waals surface area contributed by atoms with Crippen LogP contribution in [0.2, 0.25) is 0 Å². The molecule has 0 aromatic heterocycles. The first-order valence-electron chi connectivity index (χ1n) is 9.86. The van der Waals surface area contributed by atoms with Gasteiger partial charge in [-0.05, 0) is 56.2 Å². The Bertz CT molecular complexity index is 1140. The molecule has 0 saturated carbocycles. The van der Waals surface area contributed by atoms with E-state index in [0.29, 0.717) is 17.3 Å². The highest BCUT2D eigenvalue weighted by Gasteiger charge is 2.33. The van der Waals surface area contributed by atoms with E-state index in [4.69, 9.17) is 4.74 Å². The predicted molar refractivity (Wildman–Crippen MR) is 117 cm³/mol. The van der Waals surface area contributed by atoms with Gasteiger partial charge in [0.05, 0.1) is 28.7 Å². The lowest BCUT2D eigenvalue weighted by Crippen LogP contribution is -2.40. The first-order valence-corrected chi connectivity index (χ1v) is 12.1. The van der Waals surface area contributed by atoms with Gasteiger partial charge in [-0.15, -0.1) is 0 Å². The van der Waals surface area contributed by atoms with Crippen LogP contribution in [0, 0.1) is 17.6 Å². The smallest absolute Gasteiger partial charge is 0.309 e. The number of piperidine rings is 1. The molecule has 2 aromatic rings. The normalized spacial score (nSPS) is 15.4. The maximum Gasteiger partial charge on any atom is 0.309 e. The minimum atomic E-state index is -4.03. The first kappa shape index (κ1) is 24.3. The molecule has 0 unspecified atom stereocenters. The minimum absolute atomic E-state index is 0.0921. The number of hydrogen-bond donors (Lipinski definition) is 1. The molecule has 3 rings (SSSR count). The lowest BCUT2D eigenvalue weighted by atomic mass is 9.98. The van der Waals surface area contributed by atoms with Gasteiger partial charge in [0.25, 0.3) is 5.91 Å². The van der Waals surface area contributed by atoms with Crippen LogP contribution in [0.4, 0.5) is 14.5 Å². The fraction of sp³-hybridized carbons (Fsp3) is 0.333. The van der Waals surface area contributed by atoms with Gasteiger partial charge in [0, 0.05) is 17.6 Å². The number of esters is 1. The van der Waals surface area contributed by atoms with Crippen molar-refractivity contribution in [3.8, 4) is 0 Å². The second kappa shape index (κ2) is 10.1. The molecule has 1 aliphatic rings. The van der Waals surface area contributed by atoms with E-state index < -0.39 is 33.1 Å². The van der Waals surface area contributed by atoms with Crippen LogP contribution in [-0.2, 0) is 19.6 Å². The van der Waals surface area contributed by atoms with Crippen LogP contribution in [0.15, 0.2) is 45.8 Å². The number of anilines is 1. The van der Waals surface area contributed by atoms with Gasteiger partial charge in [0.2, 0.25) is 10.0 Å². The van der Waals surface area contributed by atoms with Crippen LogP contribution in [0.5, 0.6) is 0 Å². The molecule has 1 heterocycles. The third-order valence-electron chi connectivity index (χ3n) is 5.07. The van der Waals surface area contributed by atoms with Crippen molar-refractivity contribution in [3.05, 3.63) is 58.1 Å². The van der Waals surface area contributed by atoms with Crippen LogP contribution in [0.25, 0.3) is 0 Å². The molecule has 1 fully saturated rings. The largest absolute Gasteiger partial charge is 0.466 e. The number of hydrogen-bond acceptors (Lipinski definition) is 5. The number of halogens is 3. The maximum absolute atomic E-state index is 14.3. The fourth-order valence-electron chi connectivity index (χ4n) is 3.36. The van der Waals surface area contributed by atoms with E-state index in [2.05, 4.69) is 21.2 Å². The standard InChI is InChI=1S/C21H21BrF2N2O5S/c1-2-31-21(28)13-7-9-26(10-8-13)32(29,30)15-4-5-17(23)16(12-15)20(27)25-19-6-3-14(22)11-18(19)24/h3-6,11-13H,2,7-10H2,1H3,(H,25,27). The van der Waals surface area contributed by atoms with E-state index in [9.17, 15) is 26.8 Å². The highest BCUT2D eigenvalue weighted by Crippen LogP contribution is 2.26. The highest BCUT2D eigenvalue weighted by atomic mass is 79.9. The van der Waals surface area contributed by atoms with Crippen molar-refractivity contribution >= 4 is 43.5 Å². The summed E-state index contributed by atoms with van der Waals surface area (Å²) in [5, 5.41) is 2.25. The van der Waals surface area contributed by atoms with Gasteiger partial charge in [-0.25, -0.2) is 17.2 Å². The summed E-state index contributed by atoms with van der Waals surface area (Å²) in [7, 11) is -4.03. The van der Waals surface area contributed by atoms with Crippen molar-refractivity contribution < 1.29 is 31.5 Å². The first-order chi connectivity index (χ1) is 15.1. The summed E-state index contributed by atoms with van der Waals surface area (Å²) in [5.41, 5.74) is -0.707.